The molecule has 1 heterocycles. The van der Waals surface area contributed by atoms with Crippen LogP contribution in [0.4, 0.5) is 0 Å². The first-order chi connectivity index (χ1) is 4.77. The highest BCUT2D eigenvalue weighted by Gasteiger charge is 2.28. The topological polar surface area (TPSA) is 29.4 Å². The number of nitrogens with zero attached hydrogens (tertiary/aromatic N) is 1. The van der Waals surface area contributed by atoms with Gasteiger partial charge in [-0.15, -0.1) is 0 Å². The molecular formula is C7H11NOS. The molecule has 1 unspecified atom stereocenters. The van der Waals surface area contributed by atoms with Gasteiger partial charge in [0.2, 0.25) is 6.08 Å². The SMILES string of the molecule is CC1(CN=C=O)CCCS1. The second kappa shape index (κ2) is 3.22. The van der Waals surface area contributed by atoms with Crippen LogP contribution in [0.3, 0.4) is 0 Å². The zero-order chi connectivity index (χ0) is 7.45. The lowest BCUT2D eigenvalue weighted by atomic mass is 10.1. The normalized spacial score (nSPS) is 31.7. The van der Waals surface area contributed by atoms with E-state index in [-0.39, 0.29) is 4.75 Å². The Labute approximate surface area is 65.1 Å². The van der Waals surface area contributed by atoms with Crippen molar-refractivity contribution in [2.75, 3.05) is 12.3 Å². The molecule has 0 aromatic carbocycles. The molecular weight excluding hydrogens is 146 g/mol. The molecule has 1 atom stereocenters. The fourth-order valence-electron chi connectivity index (χ4n) is 1.16. The van der Waals surface area contributed by atoms with E-state index in [1.807, 2.05) is 11.8 Å². The first-order valence-corrected chi connectivity index (χ1v) is 4.43. The molecule has 2 nitrogen and oxygen atoms in total. The molecule has 0 N–H and O–H groups in total. The van der Waals surface area contributed by atoms with Crippen LogP contribution in [0.25, 0.3) is 0 Å². The van der Waals surface area contributed by atoms with Crippen molar-refractivity contribution >= 4 is 17.8 Å². The molecule has 10 heavy (non-hydrogen) atoms. The summed E-state index contributed by atoms with van der Waals surface area (Å²) in [4.78, 5) is 13.4. The Morgan fingerprint density at radius 1 is 1.80 bits per heavy atom. The summed E-state index contributed by atoms with van der Waals surface area (Å²) in [7, 11) is 0. The van der Waals surface area contributed by atoms with E-state index in [0.717, 1.165) is 0 Å². The summed E-state index contributed by atoms with van der Waals surface area (Å²) in [5.41, 5.74) is 0. The smallest absolute Gasteiger partial charge is 0.211 e. The number of carbonyl (C=O) groups excluding carboxylic acids is 1. The minimum absolute atomic E-state index is 0.234. The molecule has 0 radical (unpaired) electrons. The van der Waals surface area contributed by atoms with Crippen molar-refractivity contribution in [1.82, 2.24) is 0 Å². The van der Waals surface area contributed by atoms with Crippen LogP contribution < -0.4 is 0 Å². The van der Waals surface area contributed by atoms with E-state index < -0.39 is 0 Å². The average Bonchev–Trinajstić information content (AvgIpc) is 2.33. The summed E-state index contributed by atoms with van der Waals surface area (Å²) in [6.45, 7) is 2.80. The third-order valence-electron chi connectivity index (χ3n) is 1.78. The van der Waals surface area contributed by atoms with Gasteiger partial charge in [0.1, 0.15) is 0 Å². The Hall–Kier alpha value is -0.270. The number of thioether (sulfide) groups is 1. The van der Waals surface area contributed by atoms with Crippen LogP contribution in [-0.2, 0) is 4.79 Å². The molecule has 1 fully saturated rings. The zero-order valence-electron chi connectivity index (χ0n) is 6.09. The lowest BCUT2D eigenvalue weighted by Crippen LogP contribution is -2.19. The molecule has 0 aromatic heterocycles. The highest BCUT2D eigenvalue weighted by molar-refractivity contribution is 8.00. The standard InChI is InChI=1S/C7H11NOS/c1-7(5-8-6-9)3-2-4-10-7/h2-5H2,1H3. The third kappa shape index (κ3) is 1.86. The molecule has 0 aromatic rings. The quantitative estimate of drug-likeness (QED) is 0.450. The van der Waals surface area contributed by atoms with Crippen molar-refractivity contribution in [1.29, 1.82) is 0 Å². The van der Waals surface area contributed by atoms with Gasteiger partial charge in [0.05, 0.1) is 6.54 Å². The molecule has 3 heteroatoms. The van der Waals surface area contributed by atoms with Crippen LogP contribution in [0, 0.1) is 0 Å². The zero-order valence-corrected chi connectivity index (χ0v) is 6.91. The van der Waals surface area contributed by atoms with Gasteiger partial charge in [-0.2, -0.15) is 11.8 Å². The van der Waals surface area contributed by atoms with Crippen LogP contribution in [0.2, 0.25) is 0 Å². The van der Waals surface area contributed by atoms with E-state index >= 15 is 0 Å². The monoisotopic (exact) mass is 157 g/mol. The summed E-state index contributed by atoms with van der Waals surface area (Å²) >= 11 is 1.91. The summed E-state index contributed by atoms with van der Waals surface area (Å²) in [5, 5.41) is 0. The van der Waals surface area contributed by atoms with Gasteiger partial charge in [-0.25, -0.2) is 9.79 Å². The van der Waals surface area contributed by atoms with Crippen LogP contribution >= 0.6 is 11.8 Å². The Morgan fingerprint density at radius 2 is 2.60 bits per heavy atom. The van der Waals surface area contributed by atoms with Gasteiger partial charge in [-0.3, -0.25) is 0 Å². The first-order valence-electron chi connectivity index (χ1n) is 3.44. The Balaban J connectivity index is 2.42. The maximum Gasteiger partial charge on any atom is 0.234 e. The van der Waals surface area contributed by atoms with Gasteiger partial charge in [0.15, 0.2) is 0 Å². The highest BCUT2D eigenvalue weighted by Crippen LogP contribution is 2.37. The van der Waals surface area contributed by atoms with E-state index in [1.165, 1.54) is 18.6 Å². The van der Waals surface area contributed by atoms with Crippen molar-refractivity contribution in [2.45, 2.75) is 24.5 Å². The fraction of sp³-hybridized carbons (Fsp3) is 0.857. The largest absolute Gasteiger partial charge is 0.234 e. The van der Waals surface area contributed by atoms with Crippen LogP contribution in [0.1, 0.15) is 19.8 Å². The summed E-state index contributed by atoms with van der Waals surface area (Å²) < 4.78 is 0.234. The van der Waals surface area contributed by atoms with E-state index in [9.17, 15) is 4.79 Å². The van der Waals surface area contributed by atoms with Gasteiger partial charge < -0.3 is 0 Å². The van der Waals surface area contributed by atoms with E-state index in [2.05, 4.69) is 11.9 Å². The number of aliphatic imine (C=N–C) groups is 1. The predicted molar refractivity (Wildman–Crippen MR) is 43.1 cm³/mol. The number of isocyanates is 1. The predicted octanol–water partition coefficient (Wildman–Crippen LogP) is 1.61. The maximum absolute atomic E-state index is 9.80. The highest BCUT2D eigenvalue weighted by atomic mass is 32.2. The average molecular weight is 157 g/mol. The van der Waals surface area contributed by atoms with E-state index in [4.69, 9.17) is 0 Å². The summed E-state index contributed by atoms with van der Waals surface area (Å²) in [5.74, 6) is 1.21. The Kier molecular flexibility index (Phi) is 2.52. The van der Waals surface area contributed by atoms with Gasteiger partial charge in [-0.1, -0.05) is 0 Å². The van der Waals surface area contributed by atoms with Crippen molar-refractivity contribution < 1.29 is 4.79 Å². The molecule has 1 aliphatic heterocycles. The molecule has 1 rings (SSSR count). The molecule has 0 bridgehead atoms. The van der Waals surface area contributed by atoms with Crippen molar-refractivity contribution in [3.8, 4) is 0 Å². The fourth-order valence-corrected chi connectivity index (χ4v) is 2.39. The first kappa shape index (κ1) is 7.83. The Bertz CT molecular complexity index is 157. The molecule has 0 amide bonds. The Morgan fingerprint density at radius 3 is 3.10 bits per heavy atom. The van der Waals surface area contributed by atoms with Crippen molar-refractivity contribution in [3.05, 3.63) is 0 Å². The molecule has 0 aliphatic carbocycles. The molecule has 56 valence electrons. The number of hydrogen-bond acceptors (Lipinski definition) is 3. The molecule has 0 saturated carbocycles. The van der Waals surface area contributed by atoms with Crippen LogP contribution in [0.5, 0.6) is 0 Å². The second-order valence-electron chi connectivity index (χ2n) is 2.81. The van der Waals surface area contributed by atoms with E-state index in [1.54, 1.807) is 6.08 Å². The van der Waals surface area contributed by atoms with Gasteiger partial charge >= 0.3 is 0 Å². The second-order valence-corrected chi connectivity index (χ2v) is 4.49. The molecule has 1 aliphatic rings. The minimum atomic E-state index is 0.234. The number of hydrogen-bond donors (Lipinski definition) is 0. The van der Waals surface area contributed by atoms with Crippen LogP contribution in [0.15, 0.2) is 4.99 Å². The van der Waals surface area contributed by atoms with E-state index in [0.29, 0.717) is 6.54 Å². The van der Waals surface area contributed by atoms with Crippen LogP contribution in [-0.4, -0.2) is 23.1 Å². The van der Waals surface area contributed by atoms with Crippen molar-refractivity contribution in [2.24, 2.45) is 4.99 Å². The lowest BCUT2D eigenvalue weighted by molar-refractivity contribution is 0.556. The molecule has 1 saturated heterocycles. The van der Waals surface area contributed by atoms with Gasteiger partial charge in [0, 0.05) is 4.75 Å². The summed E-state index contributed by atoms with van der Waals surface area (Å²) in [6.07, 6.45) is 4.02. The lowest BCUT2D eigenvalue weighted by Gasteiger charge is -2.17. The molecule has 0 spiro atoms. The third-order valence-corrected chi connectivity index (χ3v) is 3.30. The van der Waals surface area contributed by atoms with Crippen molar-refractivity contribution in [3.63, 3.8) is 0 Å². The summed E-state index contributed by atoms with van der Waals surface area (Å²) in [6, 6.07) is 0. The number of rotatable bonds is 2. The van der Waals surface area contributed by atoms with Gasteiger partial charge in [-0.05, 0) is 25.5 Å². The van der Waals surface area contributed by atoms with Gasteiger partial charge in [0.25, 0.3) is 0 Å². The minimum Gasteiger partial charge on any atom is -0.211 e. The maximum atomic E-state index is 9.80.